The summed E-state index contributed by atoms with van der Waals surface area (Å²) in [6.45, 7) is 1.99. The first kappa shape index (κ1) is 29.8. The smallest absolute Gasteiger partial charge is 0.305 e. The van der Waals surface area contributed by atoms with Crippen LogP contribution in [-0.4, -0.2) is 52.5 Å². The van der Waals surface area contributed by atoms with Gasteiger partial charge in [0.25, 0.3) is 5.91 Å². The lowest BCUT2D eigenvalue weighted by Crippen LogP contribution is -2.51. The van der Waals surface area contributed by atoms with Gasteiger partial charge in [0.05, 0.1) is 6.42 Å². The van der Waals surface area contributed by atoms with Crippen LogP contribution in [-0.2, 0) is 20.8 Å². The highest BCUT2D eigenvalue weighted by Crippen LogP contribution is 2.26. The normalized spacial score (nSPS) is 12.3. The van der Waals surface area contributed by atoms with Crippen molar-refractivity contribution in [1.29, 1.82) is 0 Å². The largest absolute Gasteiger partial charge is 0.481 e. The number of halogens is 4. The highest BCUT2D eigenvalue weighted by molar-refractivity contribution is 5.98. The number of hydrogen-bond donors (Lipinski definition) is 3. The third kappa shape index (κ3) is 7.21. The van der Waals surface area contributed by atoms with Crippen molar-refractivity contribution in [3.8, 4) is 17.1 Å². The fraction of sp³-hybridized carbons (Fsp3) is 0.269. The van der Waals surface area contributed by atoms with E-state index in [2.05, 4.69) is 20.5 Å². The molecule has 0 bridgehead atoms. The zero-order valence-electron chi connectivity index (χ0n) is 21.1. The molecular formula is C26H23F4N3O7. The van der Waals surface area contributed by atoms with E-state index in [9.17, 15) is 36.7 Å². The van der Waals surface area contributed by atoms with Crippen molar-refractivity contribution in [3.63, 3.8) is 0 Å². The second-order valence-electron chi connectivity index (χ2n) is 8.53. The first-order valence-corrected chi connectivity index (χ1v) is 11.8. The van der Waals surface area contributed by atoms with E-state index < -0.39 is 77.7 Å². The highest BCUT2D eigenvalue weighted by atomic mass is 19.2. The third-order valence-electron chi connectivity index (χ3n) is 5.64. The van der Waals surface area contributed by atoms with E-state index in [0.29, 0.717) is 11.3 Å². The molecule has 10 nitrogen and oxygen atoms in total. The Morgan fingerprint density at radius 3 is 2.20 bits per heavy atom. The molecule has 2 amide bonds. The van der Waals surface area contributed by atoms with E-state index in [1.807, 2.05) is 19.1 Å². The number of carboxylic acids is 1. The lowest BCUT2D eigenvalue weighted by atomic mass is 10.1. The van der Waals surface area contributed by atoms with Crippen molar-refractivity contribution in [2.24, 2.45) is 0 Å². The Balaban J connectivity index is 1.63. The average Bonchev–Trinajstić information content (AvgIpc) is 3.42. The number of aliphatic carboxylic acids is 1. The number of Topliss-reactive ketones (excluding diaryl/α,β-unsaturated/α-hetero) is 1. The van der Waals surface area contributed by atoms with Gasteiger partial charge in [0.2, 0.25) is 17.5 Å². The Kier molecular flexibility index (Phi) is 9.59. The number of nitrogens with one attached hydrogen (secondary N) is 2. The molecular weight excluding hydrogens is 542 g/mol. The quantitative estimate of drug-likeness (QED) is 0.224. The number of carboxylic acid groups (broad SMARTS) is 1. The van der Waals surface area contributed by atoms with Gasteiger partial charge in [0.15, 0.2) is 34.6 Å². The second-order valence-corrected chi connectivity index (χ2v) is 8.53. The molecule has 2 atom stereocenters. The zero-order valence-corrected chi connectivity index (χ0v) is 21.1. The minimum absolute atomic E-state index is 0.0635. The maximum atomic E-state index is 13.8. The summed E-state index contributed by atoms with van der Waals surface area (Å²) >= 11 is 0. The Labute approximate surface area is 224 Å². The van der Waals surface area contributed by atoms with E-state index >= 15 is 0 Å². The third-order valence-corrected chi connectivity index (χ3v) is 5.64. The van der Waals surface area contributed by atoms with Gasteiger partial charge in [-0.25, -0.2) is 8.78 Å². The molecule has 1 aromatic heterocycles. The predicted octanol–water partition coefficient (Wildman–Crippen LogP) is 3.19. The van der Waals surface area contributed by atoms with E-state index in [0.717, 1.165) is 12.0 Å². The minimum Gasteiger partial charge on any atom is -0.481 e. The van der Waals surface area contributed by atoms with Gasteiger partial charge < -0.3 is 25.0 Å². The van der Waals surface area contributed by atoms with E-state index in [1.165, 1.54) is 13.0 Å². The fourth-order valence-electron chi connectivity index (χ4n) is 3.40. The molecule has 0 aliphatic heterocycles. The molecule has 0 saturated carbocycles. The van der Waals surface area contributed by atoms with Crippen LogP contribution >= 0.6 is 0 Å². The molecule has 0 radical (unpaired) electrons. The lowest BCUT2D eigenvalue weighted by Gasteiger charge is -2.19. The van der Waals surface area contributed by atoms with Crippen molar-refractivity contribution in [3.05, 3.63) is 70.9 Å². The summed E-state index contributed by atoms with van der Waals surface area (Å²) in [5, 5.41) is 17.2. The SMILES string of the molecule is CCc1ccc(-c2cc(C(=O)N[C@@H](C)C(=O)N[C@@H](CC(=O)O)C(=O)COc3c(F)c(F)cc(F)c3F)no2)cc1. The number of carbonyl (C=O) groups is 4. The number of aromatic nitrogens is 1. The van der Waals surface area contributed by atoms with Gasteiger partial charge in [-0.2, -0.15) is 8.78 Å². The summed E-state index contributed by atoms with van der Waals surface area (Å²) in [6, 6.07) is 5.53. The molecule has 3 N–H and O–H groups in total. The molecule has 0 unspecified atom stereocenters. The van der Waals surface area contributed by atoms with Gasteiger partial charge in [-0.1, -0.05) is 36.3 Å². The Bertz CT molecular complexity index is 1400. The van der Waals surface area contributed by atoms with Gasteiger partial charge in [-0.05, 0) is 18.9 Å². The summed E-state index contributed by atoms with van der Waals surface area (Å²) in [6.07, 6.45) is -0.138. The molecule has 0 spiro atoms. The van der Waals surface area contributed by atoms with Crippen LogP contribution in [0, 0.1) is 23.3 Å². The average molecular weight is 565 g/mol. The van der Waals surface area contributed by atoms with E-state index in [-0.39, 0.29) is 11.8 Å². The van der Waals surface area contributed by atoms with Crippen LogP contribution in [0.2, 0.25) is 0 Å². The van der Waals surface area contributed by atoms with Gasteiger partial charge in [0.1, 0.15) is 18.7 Å². The molecule has 40 heavy (non-hydrogen) atoms. The van der Waals surface area contributed by atoms with Gasteiger partial charge >= 0.3 is 5.97 Å². The first-order chi connectivity index (χ1) is 18.9. The number of ether oxygens (including phenoxy) is 1. The monoisotopic (exact) mass is 565 g/mol. The molecule has 212 valence electrons. The van der Waals surface area contributed by atoms with Crippen LogP contribution < -0.4 is 15.4 Å². The van der Waals surface area contributed by atoms with E-state index in [4.69, 9.17) is 9.63 Å². The van der Waals surface area contributed by atoms with Crippen molar-refractivity contribution in [2.75, 3.05) is 6.61 Å². The number of aryl methyl sites for hydroxylation is 1. The van der Waals surface area contributed by atoms with Crippen LogP contribution in [0.3, 0.4) is 0 Å². The number of amides is 2. The van der Waals surface area contributed by atoms with Crippen LogP contribution in [0.5, 0.6) is 5.75 Å². The summed E-state index contributed by atoms with van der Waals surface area (Å²) in [5.41, 5.74) is 1.59. The first-order valence-electron chi connectivity index (χ1n) is 11.8. The number of hydrogen-bond acceptors (Lipinski definition) is 7. The van der Waals surface area contributed by atoms with Crippen molar-refractivity contribution < 1.29 is 51.1 Å². The standard InChI is InChI=1S/C26H23F4N3O7/c1-3-13-4-6-14(7-5-13)20-9-18(33-40-20)26(38)31-12(2)25(37)32-17(10-21(35)36)19(34)11-39-24-22(29)15(27)8-16(28)23(24)30/h4-9,12,17H,3,10-11H2,1-2H3,(H,31,38)(H,32,37)(H,35,36)/t12-,17-/m0/s1. The van der Waals surface area contributed by atoms with Crippen LogP contribution in [0.15, 0.2) is 40.9 Å². The number of benzene rings is 2. The summed E-state index contributed by atoms with van der Waals surface area (Å²) in [5.74, 6) is -13.1. The summed E-state index contributed by atoms with van der Waals surface area (Å²) in [7, 11) is 0. The van der Waals surface area contributed by atoms with Gasteiger partial charge in [0, 0.05) is 17.7 Å². The molecule has 14 heteroatoms. The number of ketones is 1. The molecule has 3 aromatic rings. The number of carbonyl (C=O) groups excluding carboxylic acids is 3. The molecule has 2 aromatic carbocycles. The van der Waals surface area contributed by atoms with Crippen LogP contribution in [0.1, 0.15) is 36.3 Å². The van der Waals surface area contributed by atoms with Crippen LogP contribution in [0.25, 0.3) is 11.3 Å². The second kappa shape index (κ2) is 12.9. The summed E-state index contributed by atoms with van der Waals surface area (Å²) in [4.78, 5) is 48.8. The maximum Gasteiger partial charge on any atom is 0.305 e. The molecule has 0 aliphatic carbocycles. The molecule has 0 aliphatic rings. The topological polar surface area (TPSA) is 148 Å². The van der Waals surface area contributed by atoms with Crippen molar-refractivity contribution in [1.82, 2.24) is 15.8 Å². The van der Waals surface area contributed by atoms with Crippen molar-refractivity contribution in [2.45, 2.75) is 38.8 Å². The van der Waals surface area contributed by atoms with Gasteiger partial charge in [-0.3, -0.25) is 19.2 Å². The Morgan fingerprint density at radius 2 is 1.62 bits per heavy atom. The fourth-order valence-corrected chi connectivity index (χ4v) is 3.40. The molecule has 3 rings (SSSR count). The zero-order chi connectivity index (χ0) is 29.6. The number of nitrogens with zero attached hydrogens (tertiary/aromatic N) is 1. The van der Waals surface area contributed by atoms with E-state index in [1.54, 1.807) is 12.1 Å². The molecule has 0 saturated heterocycles. The van der Waals surface area contributed by atoms with Crippen LogP contribution in [0.4, 0.5) is 17.6 Å². The Morgan fingerprint density at radius 1 is 1.00 bits per heavy atom. The lowest BCUT2D eigenvalue weighted by molar-refractivity contribution is -0.140. The Hall–Kier alpha value is -4.75. The number of rotatable bonds is 12. The maximum absolute atomic E-state index is 13.8. The molecule has 1 heterocycles. The van der Waals surface area contributed by atoms with Crippen molar-refractivity contribution >= 4 is 23.6 Å². The minimum atomic E-state index is -1.91. The highest BCUT2D eigenvalue weighted by Gasteiger charge is 2.29. The molecule has 0 fully saturated rings. The van der Waals surface area contributed by atoms with Gasteiger partial charge in [-0.15, -0.1) is 0 Å². The summed E-state index contributed by atoms with van der Waals surface area (Å²) < 4.78 is 64.0. The predicted molar refractivity (Wildman–Crippen MR) is 129 cm³/mol.